The molecule has 2 atom stereocenters. The molecule has 0 spiro atoms. The average Bonchev–Trinajstić information content (AvgIpc) is 3.63. The standard InChI is InChI=1S/C30H33N3O5.C26H28N4O3/c1-19(2)32-26(15-14-22(34)18-38-3)33(31-17-16-25(35)29(36)28(31)30(32)37)27-23-10-6-4-8-20(23)12-13-21-9-5-7-11-24(21)27;1-16(2)29-22(15-27)30(28-14-13-21(31)25(32)24(28)26(29)33)23-19-9-5-3-7-17(19)11-12-18-8-4-6-10-20(18)23/h4-11,16-17,19,26-27,36H,12-15,18H2,1-3H3;3-10,13-14,16,22-23,32H,11-12,15,27H2,1-2H3. The van der Waals surface area contributed by atoms with Crippen molar-refractivity contribution in [1.29, 1.82) is 0 Å². The van der Waals surface area contributed by atoms with Crippen molar-refractivity contribution in [2.24, 2.45) is 5.73 Å². The maximum absolute atomic E-state index is 13.9. The summed E-state index contributed by atoms with van der Waals surface area (Å²) >= 11 is 0. The Hall–Kier alpha value is -7.49. The van der Waals surface area contributed by atoms with Gasteiger partial charge >= 0.3 is 0 Å². The first-order valence-electron chi connectivity index (χ1n) is 24.4. The second-order valence-electron chi connectivity index (χ2n) is 19.1. The summed E-state index contributed by atoms with van der Waals surface area (Å²) in [6.07, 6.45) is 6.24. The van der Waals surface area contributed by atoms with E-state index >= 15 is 0 Å². The highest BCUT2D eigenvalue weighted by atomic mass is 16.5. The summed E-state index contributed by atoms with van der Waals surface area (Å²) in [4.78, 5) is 68.2. The second kappa shape index (κ2) is 20.1. The molecule has 0 bridgehead atoms. The summed E-state index contributed by atoms with van der Waals surface area (Å²) in [5, 5.41) is 25.7. The molecular formula is C56H61N7O8. The number of amides is 2. The van der Waals surface area contributed by atoms with Gasteiger partial charge in [0.1, 0.15) is 18.9 Å². The zero-order chi connectivity index (χ0) is 50.2. The SMILES string of the molecule is CC(C)N1C(=O)c2c(O)c(=O)ccn2N(C2c3ccccc3CCc3ccccc32)C1CN.COCC(=O)CCC1N(C(C)C)C(=O)c2c(O)c(=O)ccn2N1C1c2ccccc2CCc2ccccc21. The molecule has 4 aliphatic rings. The maximum atomic E-state index is 13.9. The third-order valence-corrected chi connectivity index (χ3v) is 14.3. The number of pyridine rings is 2. The van der Waals surface area contributed by atoms with Crippen LogP contribution in [0.3, 0.4) is 0 Å². The number of carbonyl (C=O) groups is 3. The lowest BCUT2D eigenvalue weighted by atomic mass is 9.92. The van der Waals surface area contributed by atoms with Crippen molar-refractivity contribution in [3.8, 4) is 11.5 Å². The number of aromatic hydroxyl groups is 2. The number of ether oxygens (including phenoxy) is 1. The van der Waals surface area contributed by atoms with Crippen LogP contribution in [0.2, 0.25) is 0 Å². The molecule has 4 heterocycles. The molecule has 4 aromatic carbocycles. The van der Waals surface area contributed by atoms with Crippen LogP contribution in [0.4, 0.5) is 0 Å². The van der Waals surface area contributed by atoms with E-state index in [-0.39, 0.29) is 60.9 Å². The normalized spacial score (nSPS) is 17.6. The van der Waals surface area contributed by atoms with Gasteiger partial charge in [-0.2, -0.15) is 0 Å². The van der Waals surface area contributed by atoms with E-state index in [0.29, 0.717) is 6.42 Å². The lowest BCUT2D eigenvalue weighted by molar-refractivity contribution is -0.123. The largest absolute Gasteiger partial charge is 0.502 e. The number of aryl methyl sites for hydroxylation is 4. The van der Waals surface area contributed by atoms with Crippen LogP contribution < -0.4 is 26.6 Å². The van der Waals surface area contributed by atoms with Gasteiger partial charge in [0.2, 0.25) is 10.9 Å². The van der Waals surface area contributed by atoms with Crippen molar-refractivity contribution in [3.05, 3.63) is 198 Å². The van der Waals surface area contributed by atoms with Gasteiger partial charge in [-0.05, 0) is 104 Å². The highest BCUT2D eigenvalue weighted by Crippen LogP contribution is 2.43. The van der Waals surface area contributed by atoms with Crippen molar-refractivity contribution in [3.63, 3.8) is 0 Å². The average molecular weight is 960 g/mol. The number of aromatic nitrogens is 2. The van der Waals surface area contributed by atoms with Crippen molar-refractivity contribution in [2.45, 2.75) is 103 Å². The summed E-state index contributed by atoms with van der Waals surface area (Å²) in [5.74, 6) is -2.01. The summed E-state index contributed by atoms with van der Waals surface area (Å²) < 4.78 is 8.33. The molecule has 2 amide bonds. The predicted octanol–water partition coefficient (Wildman–Crippen LogP) is 6.10. The molecule has 0 fully saturated rings. The minimum Gasteiger partial charge on any atom is -0.502 e. The summed E-state index contributed by atoms with van der Waals surface area (Å²) in [5.41, 5.74) is 14.3. The van der Waals surface area contributed by atoms with E-state index in [4.69, 9.17) is 10.5 Å². The van der Waals surface area contributed by atoms with E-state index in [9.17, 15) is 34.2 Å². The lowest BCUT2D eigenvalue weighted by Gasteiger charge is -2.51. The summed E-state index contributed by atoms with van der Waals surface area (Å²) in [7, 11) is 1.49. The van der Waals surface area contributed by atoms with Crippen LogP contribution in [0.1, 0.15) is 118 Å². The molecule has 2 aromatic heterocycles. The first-order chi connectivity index (χ1) is 34.3. The van der Waals surface area contributed by atoms with Gasteiger partial charge in [-0.3, -0.25) is 43.3 Å². The number of rotatable bonds is 10. The molecular weight excluding hydrogens is 899 g/mol. The topological polar surface area (TPSA) is 184 Å². The number of benzene rings is 4. The van der Waals surface area contributed by atoms with Gasteiger partial charge < -0.3 is 30.5 Å². The molecule has 0 saturated heterocycles. The van der Waals surface area contributed by atoms with Crippen molar-refractivity contribution in [1.82, 2.24) is 19.2 Å². The number of hydrogen-bond acceptors (Lipinski definition) is 11. The second-order valence-corrected chi connectivity index (χ2v) is 19.1. The Bertz CT molecular complexity index is 3030. The van der Waals surface area contributed by atoms with Crippen LogP contribution in [-0.4, -0.2) is 91.6 Å². The van der Waals surface area contributed by atoms with Gasteiger partial charge in [0, 0.05) is 56.7 Å². The van der Waals surface area contributed by atoms with Gasteiger partial charge in [-0.1, -0.05) is 97.1 Å². The maximum Gasteiger partial charge on any atom is 0.278 e. The molecule has 2 aliphatic carbocycles. The molecule has 2 aliphatic heterocycles. The highest BCUT2D eigenvalue weighted by molar-refractivity contribution is 5.97. The Balaban J connectivity index is 0.000000177. The number of hydrogen-bond donors (Lipinski definition) is 3. The molecule has 6 aromatic rings. The predicted molar refractivity (Wildman–Crippen MR) is 271 cm³/mol. The van der Waals surface area contributed by atoms with Crippen molar-refractivity contribution < 1.29 is 29.3 Å². The van der Waals surface area contributed by atoms with E-state index in [1.807, 2.05) is 76.2 Å². The van der Waals surface area contributed by atoms with Crippen LogP contribution in [0.15, 0.2) is 131 Å². The zero-order valence-electron chi connectivity index (χ0n) is 40.8. The number of carbonyl (C=O) groups excluding carboxylic acids is 3. The molecule has 2 unspecified atom stereocenters. The zero-order valence-corrected chi connectivity index (χ0v) is 40.8. The Morgan fingerprint density at radius 2 is 0.930 bits per heavy atom. The fourth-order valence-electron chi connectivity index (χ4n) is 11.2. The molecule has 71 heavy (non-hydrogen) atoms. The van der Waals surface area contributed by atoms with Crippen LogP contribution in [-0.2, 0) is 35.2 Å². The Morgan fingerprint density at radius 1 is 0.577 bits per heavy atom. The number of nitrogens with zero attached hydrogens (tertiary/aromatic N) is 6. The van der Waals surface area contributed by atoms with Gasteiger partial charge in [-0.15, -0.1) is 0 Å². The number of ketones is 1. The molecule has 10 rings (SSSR count). The van der Waals surface area contributed by atoms with Crippen molar-refractivity contribution >= 4 is 17.6 Å². The van der Waals surface area contributed by atoms with Gasteiger partial charge in [0.15, 0.2) is 28.7 Å². The number of Topliss-reactive ketones (excluding diaryl/α,β-unsaturated/α-hetero) is 1. The van der Waals surface area contributed by atoms with Gasteiger partial charge in [-0.25, -0.2) is 0 Å². The number of fused-ring (bicyclic) bond motifs is 6. The summed E-state index contributed by atoms with van der Waals surface area (Å²) in [6, 6.07) is 34.8. The number of nitrogens with two attached hydrogens (primary N) is 1. The molecule has 368 valence electrons. The van der Waals surface area contributed by atoms with Gasteiger partial charge in [0.05, 0.1) is 12.1 Å². The van der Waals surface area contributed by atoms with Crippen LogP contribution in [0.5, 0.6) is 11.5 Å². The smallest absolute Gasteiger partial charge is 0.278 e. The third kappa shape index (κ3) is 8.67. The van der Waals surface area contributed by atoms with E-state index in [0.717, 1.165) is 47.9 Å². The first-order valence-corrected chi connectivity index (χ1v) is 24.4. The Labute approximate surface area is 412 Å². The highest BCUT2D eigenvalue weighted by Gasteiger charge is 2.47. The van der Waals surface area contributed by atoms with E-state index in [1.165, 1.54) is 41.5 Å². The molecule has 4 N–H and O–H groups in total. The van der Waals surface area contributed by atoms with Crippen LogP contribution >= 0.6 is 0 Å². The quantitative estimate of drug-likeness (QED) is 0.144. The van der Waals surface area contributed by atoms with E-state index in [2.05, 4.69) is 58.5 Å². The van der Waals surface area contributed by atoms with E-state index in [1.54, 1.807) is 31.5 Å². The minimum absolute atomic E-state index is 0.00149. The lowest BCUT2D eigenvalue weighted by Crippen LogP contribution is -2.66. The molecule has 15 heteroatoms. The van der Waals surface area contributed by atoms with Gasteiger partial charge in [0.25, 0.3) is 11.8 Å². The van der Waals surface area contributed by atoms with Crippen molar-refractivity contribution in [2.75, 3.05) is 30.3 Å². The number of methoxy groups -OCH3 is 1. The van der Waals surface area contributed by atoms with Crippen LogP contribution in [0, 0.1) is 0 Å². The minimum atomic E-state index is -0.608. The Morgan fingerprint density at radius 3 is 1.28 bits per heavy atom. The fourth-order valence-corrected chi connectivity index (χ4v) is 11.2. The monoisotopic (exact) mass is 959 g/mol. The molecule has 0 radical (unpaired) electrons. The fraction of sp³-hybridized carbons (Fsp3) is 0.339. The molecule has 15 nitrogen and oxygen atoms in total. The summed E-state index contributed by atoms with van der Waals surface area (Å²) in [6.45, 7) is 7.84. The molecule has 0 saturated carbocycles. The first kappa shape index (κ1) is 48.5. The van der Waals surface area contributed by atoms with E-state index < -0.39 is 46.5 Å². The Kier molecular flexibility index (Phi) is 13.7. The van der Waals surface area contributed by atoms with Crippen LogP contribution in [0.25, 0.3) is 0 Å². The third-order valence-electron chi connectivity index (χ3n) is 14.3.